The lowest BCUT2D eigenvalue weighted by Gasteiger charge is -1.91. The first-order chi connectivity index (χ1) is 3.77. The van der Waals surface area contributed by atoms with Gasteiger partial charge in [0.1, 0.15) is 6.61 Å². The largest absolute Gasteiger partial charge is 0.445 e. The summed E-state index contributed by atoms with van der Waals surface area (Å²) >= 11 is 0. The van der Waals surface area contributed by atoms with Crippen molar-refractivity contribution in [3.8, 4) is 0 Å². The van der Waals surface area contributed by atoms with E-state index >= 15 is 0 Å². The predicted octanol–water partition coefficient (Wildman–Crippen LogP) is 0.658. The number of hydrogen-bond acceptors (Lipinski definition) is 2. The van der Waals surface area contributed by atoms with Crippen LogP contribution in [0.4, 0.5) is 4.79 Å². The quantitative estimate of drug-likeness (QED) is 0.537. The molecule has 0 radical (unpaired) electrons. The van der Waals surface area contributed by atoms with Crippen molar-refractivity contribution in [3.63, 3.8) is 0 Å². The molecule has 3 nitrogen and oxygen atoms in total. The van der Waals surface area contributed by atoms with Gasteiger partial charge in [-0.3, -0.25) is 0 Å². The second kappa shape index (κ2) is 4.18. The highest BCUT2D eigenvalue weighted by atomic mass is 16.5. The molecule has 0 saturated carbocycles. The number of carbonyl (C=O) groups excluding carboxylic acids is 1. The van der Waals surface area contributed by atoms with Crippen LogP contribution >= 0.6 is 0 Å². The Bertz CT molecular complexity index is 98.6. The average molecular weight is 115 g/mol. The number of hydrogen-bond donors (Lipinski definition) is 1. The van der Waals surface area contributed by atoms with Gasteiger partial charge in [-0.2, -0.15) is 0 Å². The van der Waals surface area contributed by atoms with Crippen molar-refractivity contribution in [3.05, 3.63) is 12.2 Å². The lowest BCUT2D eigenvalue weighted by Crippen LogP contribution is -2.12. The van der Waals surface area contributed by atoms with Crippen LogP contribution in [-0.2, 0) is 4.74 Å². The van der Waals surface area contributed by atoms with Crippen molar-refractivity contribution in [1.82, 2.24) is 0 Å². The van der Waals surface area contributed by atoms with Gasteiger partial charge in [0.2, 0.25) is 0 Å². The highest BCUT2D eigenvalue weighted by Gasteiger charge is 1.84. The Balaban J connectivity index is 3.05. The molecule has 0 atom stereocenters. The van der Waals surface area contributed by atoms with E-state index in [2.05, 4.69) is 10.5 Å². The first kappa shape index (κ1) is 7.01. The monoisotopic (exact) mass is 115 g/mol. The van der Waals surface area contributed by atoms with Crippen molar-refractivity contribution in [1.29, 1.82) is 0 Å². The van der Waals surface area contributed by atoms with Gasteiger partial charge in [-0.25, -0.2) is 4.79 Å². The van der Waals surface area contributed by atoms with Gasteiger partial charge in [0, 0.05) is 0 Å². The Kier molecular flexibility index (Phi) is 3.66. The fourth-order valence-corrected chi connectivity index (χ4v) is 0.226. The van der Waals surface area contributed by atoms with Gasteiger partial charge in [-0.15, -0.1) is 0 Å². The molecular weight excluding hydrogens is 106 g/mol. The lowest BCUT2D eigenvalue weighted by atomic mass is 10.6. The third-order valence-electron chi connectivity index (χ3n) is 0.558. The second-order valence-corrected chi connectivity index (χ2v) is 1.20. The molecule has 0 bridgehead atoms. The minimum Gasteiger partial charge on any atom is -0.445 e. The van der Waals surface area contributed by atoms with Crippen LogP contribution < -0.4 is 5.73 Å². The van der Waals surface area contributed by atoms with Crippen molar-refractivity contribution < 1.29 is 9.53 Å². The number of ether oxygens (including phenoxy) is 1. The Hall–Kier alpha value is -0.990. The second-order valence-electron chi connectivity index (χ2n) is 1.20. The molecule has 8 heavy (non-hydrogen) atoms. The van der Waals surface area contributed by atoms with Crippen molar-refractivity contribution in [2.45, 2.75) is 6.92 Å². The molecular formula is C5H9NO2. The number of carbonyl (C=O) groups is 1. The van der Waals surface area contributed by atoms with Crippen LogP contribution in [0.3, 0.4) is 0 Å². The molecule has 0 fully saturated rings. The standard InChI is InChI=1S/C5H9NO2/c1-2-3-4-8-5(6)7/h2-3H,4H2,1H3,(H2,6,7)/b3-2-. The van der Waals surface area contributed by atoms with E-state index in [0.717, 1.165) is 0 Å². The molecule has 0 aromatic heterocycles. The topological polar surface area (TPSA) is 52.3 Å². The molecule has 0 aliphatic rings. The van der Waals surface area contributed by atoms with Gasteiger partial charge in [0.25, 0.3) is 0 Å². The maximum absolute atomic E-state index is 9.84. The van der Waals surface area contributed by atoms with Crippen molar-refractivity contribution >= 4 is 6.09 Å². The minimum atomic E-state index is -0.733. The number of primary amides is 1. The molecule has 0 aliphatic heterocycles. The first-order valence-corrected chi connectivity index (χ1v) is 2.30. The third-order valence-corrected chi connectivity index (χ3v) is 0.558. The molecule has 0 aromatic rings. The molecule has 0 aromatic carbocycles. The van der Waals surface area contributed by atoms with Crippen LogP contribution in [0, 0.1) is 0 Å². The lowest BCUT2D eigenvalue weighted by molar-refractivity contribution is 0.169. The Morgan fingerprint density at radius 3 is 2.88 bits per heavy atom. The van der Waals surface area contributed by atoms with E-state index < -0.39 is 6.09 Å². The Morgan fingerprint density at radius 2 is 2.50 bits per heavy atom. The van der Waals surface area contributed by atoms with Crippen molar-refractivity contribution in [2.24, 2.45) is 5.73 Å². The van der Waals surface area contributed by atoms with Gasteiger partial charge < -0.3 is 10.5 Å². The summed E-state index contributed by atoms with van der Waals surface area (Å²) in [7, 11) is 0. The molecule has 2 N–H and O–H groups in total. The Morgan fingerprint density at radius 1 is 1.88 bits per heavy atom. The normalized spacial score (nSPS) is 9.62. The zero-order valence-electron chi connectivity index (χ0n) is 4.76. The summed E-state index contributed by atoms with van der Waals surface area (Å²) in [5.74, 6) is 0. The van der Waals surface area contributed by atoms with Crippen LogP contribution in [0.1, 0.15) is 6.92 Å². The summed E-state index contributed by atoms with van der Waals surface area (Å²) in [6, 6.07) is 0. The molecule has 3 heteroatoms. The van der Waals surface area contributed by atoms with E-state index in [-0.39, 0.29) is 6.61 Å². The Labute approximate surface area is 48.1 Å². The van der Waals surface area contributed by atoms with Gasteiger partial charge in [0.05, 0.1) is 0 Å². The highest BCUT2D eigenvalue weighted by molar-refractivity contribution is 5.64. The maximum Gasteiger partial charge on any atom is 0.404 e. The average Bonchev–Trinajstić information content (AvgIpc) is 1.66. The van der Waals surface area contributed by atoms with Gasteiger partial charge in [-0.1, -0.05) is 12.2 Å². The zero-order chi connectivity index (χ0) is 6.41. The summed E-state index contributed by atoms with van der Waals surface area (Å²) in [4.78, 5) is 9.84. The van der Waals surface area contributed by atoms with Crippen LogP contribution in [-0.4, -0.2) is 12.7 Å². The molecule has 0 rings (SSSR count). The van der Waals surface area contributed by atoms with Gasteiger partial charge in [-0.05, 0) is 6.92 Å². The smallest absolute Gasteiger partial charge is 0.404 e. The van der Waals surface area contributed by atoms with Crippen LogP contribution in [0.15, 0.2) is 12.2 Å². The summed E-state index contributed by atoms with van der Waals surface area (Å²) in [6.45, 7) is 2.11. The molecule has 46 valence electrons. The van der Waals surface area contributed by atoms with E-state index in [1.165, 1.54) is 0 Å². The summed E-state index contributed by atoms with van der Waals surface area (Å²) in [6.07, 6.45) is 2.75. The number of amides is 1. The molecule has 0 heterocycles. The molecule has 1 amide bonds. The van der Waals surface area contributed by atoms with Gasteiger partial charge >= 0.3 is 6.09 Å². The number of allylic oxidation sites excluding steroid dienone is 1. The number of rotatable bonds is 2. The molecule has 0 spiro atoms. The summed E-state index contributed by atoms with van der Waals surface area (Å²) in [5, 5.41) is 0. The molecule has 0 saturated heterocycles. The highest BCUT2D eigenvalue weighted by Crippen LogP contribution is 1.74. The molecule has 0 unspecified atom stereocenters. The van der Waals surface area contributed by atoms with Crippen LogP contribution in [0.5, 0.6) is 0 Å². The van der Waals surface area contributed by atoms with E-state index in [4.69, 9.17) is 0 Å². The predicted molar refractivity (Wildman–Crippen MR) is 30.3 cm³/mol. The van der Waals surface area contributed by atoms with E-state index in [9.17, 15) is 4.79 Å². The first-order valence-electron chi connectivity index (χ1n) is 2.30. The van der Waals surface area contributed by atoms with Gasteiger partial charge in [0.15, 0.2) is 0 Å². The van der Waals surface area contributed by atoms with E-state index in [1.807, 2.05) is 6.92 Å². The van der Waals surface area contributed by atoms with Crippen molar-refractivity contribution in [2.75, 3.05) is 6.61 Å². The van der Waals surface area contributed by atoms with E-state index in [0.29, 0.717) is 0 Å². The van der Waals surface area contributed by atoms with Crippen LogP contribution in [0.25, 0.3) is 0 Å². The fraction of sp³-hybridized carbons (Fsp3) is 0.400. The SMILES string of the molecule is C/C=C\COC(N)=O. The fourth-order valence-electron chi connectivity index (χ4n) is 0.226. The maximum atomic E-state index is 9.84. The third kappa shape index (κ3) is 5.01. The minimum absolute atomic E-state index is 0.270. The zero-order valence-corrected chi connectivity index (χ0v) is 4.76. The summed E-state index contributed by atoms with van der Waals surface area (Å²) < 4.78 is 4.33. The summed E-state index contributed by atoms with van der Waals surface area (Å²) in [5.41, 5.74) is 4.64. The van der Waals surface area contributed by atoms with Crippen LogP contribution in [0.2, 0.25) is 0 Å². The number of nitrogens with two attached hydrogens (primary N) is 1. The molecule has 0 aliphatic carbocycles. The van der Waals surface area contributed by atoms with E-state index in [1.54, 1.807) is 12.2 Å².